The number of amides is 1. The molecule has 0 aromatic rings. The van der Waals surface area contributed by atoms with E-state index in [1.807, 2.05) is 0 Å². The fraction of sp³-hybridized carbons (Fsp3) is 0.857. The molecule has 1 atom stereocenters. The van der Waals surface area contributed by atoms with Gasteiger partial charge in [0.05, 0.1) is 0 Å². The molecule has 1 unspecified atom stereocenters. The van der Waals surface area contributed by atoms with Gasteiger partial charge in [-0.1, -0.05) is 20.8 Å². The minimum Gasteiger partial charge on any atom is -0.353 e. The smallest absolute Gasteiger partial charge is 0.353 e. The lowest BCUT2D eigenvalue weighted by atomic mass is 9.96. The van der Waals surface area contributed by atoms with Crippen molar-refractivity contribution in [1.82, 2.24) is 5.32 Å². The Bertz CT molecular complexity index is 274. The predicted molar refractivity (Wildman–Crippen MR) is 53.0 cm³/mol. The van der Waals surface area contributed by atoms with E-state index in [1.165, 1.54) is 0 Å². The van der Waals surface area contributed by atoms with Gasteiger partial charge in [0.25, 0.3) is 0 Å². The van der Waals surface area contributed by atoms with Gasteiger partial charge in [0.2, 0.25) is 5.91 Å². The molecule has 1 amide bonds. The first-order valence-electron chi connectivity index (χ1n) is 4.44. The van der Waals surface area contributed by atoms with Gasteiger partial charge in [-0.05, 0) is 0 Å². The third kappa shape index (κ3) is 6.89. The second-order valence-electron chi connectivity index (χ2n) is 3.95. The summed E-state index contributed by atoms with van der Waals surface area (Å²) in [4.78, 5) is 24.1. The highest BCUT2D eigenvalue weighted by atomic mass is 31.2. The fourth-order valence-corrected chi connectivity index (χ4v) is 0.824. The Hall–Kier alpha value is -0.500. The van der Waals surface area contributed by atoms with E-state index in [-0.39, 0.29) is 19.1 Å². The monoisotopic (exact) mass is 257 g/mol. The lowest BCUT2D eigenvalue weighted by Crippen LogP contribution is -2.36. The SMILES string of the molecule is CC(C)(C)C(=O)NCCOOP(=O)(O)OO. The fourth-order valence-electron chi connectivity index (χ4n) is 0.589. The van der Waals surface area contributed by atoms with Crippen LogP contribution in [0.4, 0.5) is 0 Å². The number of phosphoric acid groups is 1. The van der Waals surface area contributed by atoms with Crippen LogP contribution in [0, 0.1) is 5.41 Å². The summed E-state index contributed by atoms with van der Waals surface area (Å²) >= 11 is 0. The number of carbonyl (C=O) groups excluding carboxylic acids is 1. The second kappa shape index (κ2) is 6.29. The van der Waals surface area contributed by atoms with Gasteiger partial charge < -0.3 is 5.32 Å². The molecular weight excluding hydrogens is 241 g/mol. The molecule has 0 aliphatic carbocycles. The summed E-state index contributed by atoms with van der Waals surface area (Å²) in [6.07, 6.45) is 0. The Morgan fingerprint density at radius 1 is 1.44 bits per heavy atom. The van der Waals surface area contributed by atoms with Crippen LogP contribution in [0.1, 0.15) is 20.8 Å². The molecule has 3 N–H and O–H groups in total. The number of hydrogen-bond donors (Lipinski definition) is 3. The Morgan fingerprint density at radius 3 is 2.44 bits per heavy atom. The van der Waals surface area contributed by atoms with Gasteiger partial charge in [-0.25, -0.2) is 14.7 Å². The summed E-state index contributed by atoms with van der Waals surface area (Å²) in [6.45, 7) is 5.15. The van der Waals surface area contributed by atoms with Crippen LogP contribution in [-0.2, 0) is 23.6 Å². The molecule has 0 saturated carbocycles. The van der Waals surface area contributed by atoms with Crippen molar-refractivity contribution < 1.29 is 33.7 Å². The summed E-state index contributed by atoms with van der Waals surface area (Å²) < 4.78 is 17.4. The molecule has 9 heteroatoms. The van der Waals surface area contributed by atoms with Crippen LogP contribution < -0.4 is 5.32 Å². The molecule has 0 rings (SSSR count). The van der Waals surface area contributed by atoms with Gasteiger partial charge in [0, 0.05) is 12.0 Å². The summed E-state index contributed by atoms with van der Waals surface area (Å²) in [7, 11) is -4.55. The van der Waals surface area contributed by atoms with Crippen LogP contribution in [0.3, 0.4) is 0 Å². The lowest BCUT2D eigenvalue weighted by molar-refractivity contribution is -0.257. The van der Waals surface area contributed by atoms with Crippen LogP contribution in [0.2, 0.25) is 0 Å². The third-order valence-electron chi connectivity index (χ3n) is 1.40. The molecule has 0 aliphatic heterocycles. The van der Waals surface area contributed by atoms with E-state index in [0.717, 1.165) is 0 Å². The van der Waals surface area contributed by atoms with E-state index < -0.39 is 13.2 Å². The highest BCUT2D eigenvalue weighted by molar-refractivity contribution is 7.47. The molecule has 0 heterocycles. The summed E-state index contributed by atoms with van der Waals surface area (Å²) in [5, 5.41) is 10.4. The predicted octanol–water partition coefficient (Wildman–Crippen LogP) is 0.687. The number of nitrogens with one attached hydrogen (secondary N) is 1. The van der Waals surface area contributed by atoms with Crippen LogP contribution in [-0.4, -0.2) is 29.2 Å². The minimum absolute atomic E-state index is 0.0987. The van der Waals surface area contributed by atoms with Crippen molar-refractivity contribution in [3.05, 3.63) is 0 Å². The van der Waals surface area contributed by atoms with Crippen LogP contribution >= 0.6 is 7.82 Å². The van der Waals surface area contributed by atoms with Crippen molar-refractivity contribution in [3.63, 3.8) is 0 Å². The lowest BCUT2D eigenvalue weighted by Gasteiger charge is -2.17. The summed E-state index contributed by atoms with van der Waals surface area (Å²) in [5.41, 5.74) is -0.526. The van der Waals surface area contributed by atoms with Gasteiger partial charge in [-0.3, -0.25) is 9.69 Å². The first-order chi connectivity index (χ1) is 7.19. The Labute approximate surface area is 93.0 Å². The van der Waals surface area contributed by atoms with Crippen LogP contribution in [0.5, 0.6) is 0 Å². The van der Waals surface area contributed by atoms with Crippen molar-refractivity contribution in [2.45, 2.75) is 20.8 Å². The molecule has 0 aromatic heterocycles. The maximum absolute atomic E-state index is 11.3. The Morgan fingerprint density at radius 2 is 2.00 bits per heavy atom. The Kier molecular flexibility index (Phi) is 6.09. The molecule has 0 aromatic carbocycles. The van der Waals surface area contributed by atoms with Crippen molar-refractivity contribution in [2.24, 2.45) is 5.41 Å². The van der Waals surface area contributed by atoms with Crippen molar-refractivity contribution in [1.29, 1.82) is 0 Å². The van der Waals surface area contributed by atoms with E-state index in [0.29, 0.717) is 0 Å². The molecule has 0 saturated heterocycles. The highest BCUT2D eigenvalue weighted by Gasteiger charge is 2.23. The minimum atomic E-state index is -4.55. The van der Waals surface area contributed by atoms with E-state index in [1.54, 1.807) is 20.8 Å². The maximum Gasteiger partial charge on any atom is 0.526 e. The van der Waals surface area contributed by atoms with Crippen molar-refractivity contribution in [2.75, 3.05) is 13.2 Å². The first-order valence-corrected chi connectivity index (χ1v) is 5.94. The maximum atomic E-state index is 11.3. The highest BCUT2D eigenvalue weighted by Crippen LogP contribution is 2.41. The zero-order valence-electron chi connectivity index (χ0n) is 9.30. The molecule has 0 bridgehead atoms. The zero-order chi connectivity index (χ0) is 12.8. The summed E-state index contributed by atoms with van der Waals surface area (Å²) in [6, 6.07) is 0. The first kappa shape index (κ1) is 15.5. The number of rotatable bonds is 6. The third-order valence-corrected chi connectivity index (χ3v) is 1.90. The van der Waals surface area contributed by atoms with E-state index in [2.05, 4.69) is 19.6 Å². The second-order valence-corrected chi connectivity index (χ2v) is 5.20. The molecule has 0 aliphatic rings. The average Bonchev–Trinajstić information content (AvgIpc) is 2.15. The molecular formula is C7H16NO7P. The van der Waals surface area contributed by atoms with Gasteiger partial charge in [0.15, 0.2) is 0 Å². The largest absolute Gasteiger partial charge is 0.526 e. The van der Waals surface area contributed by atoms with Gasteiger partial charge >= 0.3 is 7.82 Å². The standard InChI is InChI=1S/C7H16NO7P/c1-7(2,3)6(9)8-4-5-13-15-16(11,12)14-10/h10H,4-5H2,1-3H3,(H,8,9)(H,11,12). The van der Waals surface area contributed by atoms with Gasteiger partial charge in [-0.15, -0.1) is 9.35 Å². The van der Waals surface area contributed by atoms with Crippen LogP contribution in [0.25, 0.3) is 0 Å². The molecule has 96 valence electrons. The van der Waals surface area contributed by atoms with E-state index >= 15 is 0 Å². The molecule has 0 fully saturated rings. The quantitative estimate of drug-likeness (QED) is 0.277. The molecule has 0 radical (unpaired) electrons. The summed E-state index contributed by atoms with van der Waals surface area (Å²) in [5.74, 6) is -0.193. The van der Waals surface area contributed by atoms with Crippen molar-refractivity contribution >= 4 is 13.7 Å². The zero-order valence-corrected chi connectivity index (χ0v) is 10.2. The normalized spacial score (nSPS) is 15.6. The molecule has 16 heavy (non-hydrogen) atoms. The van der Waals surface area contributed by atoms with Gasteiger partial charge in [-0.2, -0.15) is 0 Å². The number of hydrogen-bond acceptors (Lipinski definition) is 6. The average molecular weight is 257 g/mol. The van der Waals surface area contributed by atoms with E-state index in [4.69, 9.17) is 10.2 Å². The Balaban J connectivity index is 3.63. The van der Waals surface area contributed by atoms with Crippen molar-refractivity contribution in [3.8, 4) is 0 Å². The number of carbonyl (C=O) groups is 1. The van der Waals surface area contributed by atoms with Gasteiger partial charge in [0.1, 0.15) is 6.61 Å². The molecule has 0 spiro atoms. The van der Waals surface area contributed by atoms with Crippen LogP contribution in [0.15, 0.2) is 0 Å². The topological polar surface area (TPSA) is 114 Å². The van der Waals surface area contributed by atoms with E-state index in [9.17, 15) is 9.36 Å². The molecule has 8 nitrogen and oxygen atoms in total.